The molecule has 148 valence electrons. The number of halogens is 3. The lowest BCUT2D eigenvalue weighted by atomic mass is 10.1. The maximum atomic E-state index is 13.3. The number of carbonyl (C=O) groups is 1. The molecule has 6 nitrogen and oxygen atoms in total. The summed E-state index contributed by atoms with van der Waals surface area (Å²) in [5, 5.41) is 2.57. The van der Waals surface area contributed by atoms with Crippen LogP contribution in [0.1, 0.15) is 35.5 Å². The number of hydrogen-bond donors (Lipinski definition) is 1. The number of fused-ring (bicyclic) bond motifs is 1. The SMILES string of the molecule is Cc1cc2nc(C(F)(F)F)c(=O)n([C@@H](C)C(=O)NCc3ccco3)c2cc1C. The molecule has 1 N–H and O–H groups in total. The fourth-order valence-corrected chi connectivity index (χ4v) is 2.88. The summed E-state index contributed by atoms with van der Waals surface area (Å²) in [6, 6.07) is 5.15. The standard InChI is InChI=1S/C19H18F3N3O3/c1-10-7-14-15(8-11(10)2)25(18(27)16(24-14)19(20,21)22)12(3)17(26)23-9-13-5-4-6-28-13/h4-8,12H,9H2,1-3H3,(H,23,26)/t12-/m0/s1. The number of furan rings is 1. The van der Waals surface area contributed by atoms with Gasteiger partial charge in [0.15, 0.2) is 0 Å². The molecule has 0 fully saturated rings. The molecule has 0 saturated heterocycles. The summed E-state index contributed by atoms with van der Waals surface area (Å²) in [6.45, 7) is 4.92. The number of nitrogens with zero attached hydrogens (tertiary/aromatic N) is 2. The summed E-state index contributed by atoms with van der Waals surface area (Å²) < 4.78 is 46.0. The molecule has 0 unspecified atom stereocenters. The minimum absolute atomic E-state index is 0.000657. The second-order valence-electron chi connectivity index (χ2n) is 6.53. The Morgan fingerprint density at radius 2 is 1.96 bits per heavy atom. The minimum Gasteiger partial charge on any atom is -0.467 e. The molecule has 3 rings (SSSR count). The van der Waals surface area contributed by atoms with Crippen molar-refractivity contribution < 1.29 is 22.4 Å². The average Bonchev–Trinajstić information content (AvgIpc) is 3.13. The molecule has 1 amide bonds. The van der Waals surface area contributed by atoms with Crippen LogP contribution in [0.2, 0.25) is 0 Å². The summed E-state index contributed by atoms with van der Waals surface area (Å²) >= 11 is 0. The van der Waals surface area contributed by atoms with Crippen LogP contribution in [0, 0.1) is 13.8 Å². The van der Waals surface area contributed by atoms with Crippen LogP contribution in [0.25, 0.3) is 11.0 Å². The number of aryl methyl sites for hydroxylation is 2. The van der Waals surface area contributed by atoms with E-state index in [-0.39, 0.29) is 17.6 Å². The zero-order valence-electron chi connectivity index (χ0n) is 15.4. The van der Waals surface area contributed by atoms with Crippen LogP contribution in [-0.4, -0.2) is 15.5 Å². The van der Waals surface area contributed by atoms with Crippen LogP contribution in [0.3, 0.4) is 0 Å². The van der Waals surface area contributed by atoms with Gasteiger partial charge in [0.2, 0.25) is 11.6 Å². The van der Waals surface area contributed by atoms with Crippen LogP contribution in [-0.2, 0) is 17.5 Å². The number of benzene rings is 1. The van der Waals surface area contributed by atoms with E-state index >= 15 is 0 Å². The minimum atomic E-state index is -4.93. The zero-order chi connectivity index (χ0) is 20.6. The van der Waals surface area contributed by atoms with Gasteiger partial charge in [-0.2, -0.15) is 13.2 Å². The summed E-state index contributed by atoms with van der Waals surface area (Å²) in [7, 11) is 0. The van der Waals surface area contributed by atoms with Gasteiger partial charge in [0.1, 0.15) is 11.8 Å². The molecule has 0 bridgehead atoms. The van der Waals surface area contributed by atoms with Gasteiger partial charge in [0, 0.05) is 0 Å². The van der Waals surface area contributed by atoms with Crippen LogP contribution in [0.4, 0.5) is 13.2 Å². The highest BCUT2D eigenvalue weighted by atomic mass is 19.4. The van der Waals surface area contributed by atoms with Gasteiger partial charge in [-0.1, -0.05) is 0 Å². The first-order chi connectivity index (χ1) is 13.1. The quantitative estimate of drug-likeness (QED) is 0.736. The van der Waals surface area contributed by atoms with Gasteiger partial charge in [-0.25, -0.2) is 4.98 Å². The van der Waals surface area contributed by atoms with Crippen molar-refractivity contribution in [1.29, 1.82) is 0 Å². The van der Waals surface area contributed by atoms with E-state index in [2.05, 4.69) is 10.3 Å². The molecular weight excluding hydrogens is 375 g/mol. The molecule has 1 atom stereocenters. The molecule has 0 aliphatic carbocycles. The smallest absolute Gasteiger partial charge is 0.438 e. The van der Waals surface area contributed by atoms with Crippen molar-refractivity contribution >= 4 is 16.9 Å². The number of aromatic nitrogens is 2. The molecule has 9 heteroatoms. The highest BCUT2D eigenvalue weighted by molar-refractivity contribution is 5.84. The Kier molecular flexibility index (Phi) is 5.01. The maximum absolute atomic E-state index is 13.3. The number of carbonyl (C=O) groups excluding carboxylic acids is 1. The van der Waals surface area contributed by atoms with Gasteiger partial charge in [-0.15, -0.1) is 0 Å². The van der Waals surface area contributed by atoms with Gasteiger partial charge in [0.25, 0.3) is 5.56 Å². The second-order valence-corrected chi connectivity index (χ2v) is 6.53. The van der Waals surface area contributed by atoms with Gasteiger partial charge < -0.3 is 9.73 Å². The van der Waals surface area contributed by atoms with Crippen LogP contribution in [0.5, 0.6) is 0 Å². The third kappa shape index (κ3) is 3.64. The molecule has 28 heavy (non-hydrogen) atoms. The van der Waals surface area contributed by atoms with Crippen molar-refractivity contribution in [2.45, 2.75) is 39.5 Å². The van der Waals surface area contributed by atoms with E-state index in [9.17, 15) is 22.8 Å². The topological polar surface area (TPSA) is 77.1 Å². The van der Waals surface area contributed by atoms with E-state index in [4.69, 9.17) is 4.42 Å². The van der Waals surface area contributed by atoms with Crippen molar-refractivity contribution in [1.82, 2.24) is 14.9 Å². The summed E-state index contributed by atoms with van der Waals surface area (Å²) in [4.78, 5) is 28.7. The Labute approximate surface area is 158 Å². The monoisotopic (exact) mass is 393 g/mol. The van der Waals surface area contributed by atoms with Gasteiger partial charge >= 0.3 is 6.18 Å². The normalized spacial score (nSPS) is 12.9. The molecule has 2 heterocycles. The zero-order valence-corrected chi connectivity index (χ0v) is 15.4. The Morgan fingerprint density at radius 1 is 1.29 bits per heavy atom. The Balaban J connectivity index is 2.11. The summed E-state index contributed by atoms with van der Waals surface area (Å²) in [5.74, 6) is -0.132. The lowest BCUT2D eigenvalue weighted by Crippen LogP contribution is -2.39. The van der Waals surface area contributed by atoms with Crippen molar-refractivity contribution in [2.75, 3.05) is 0 Å². The van der Waals surface area contributed by atoms with E-state index in [0.29, 0.717) is 5.76 Å². The molecule has 0 radical (unpaired) electrons. The predicted octanol–water partition coefficient (Wildman–Crippen LogP) is 3.50. The molecule has 1 aromatic carbocycles. The van der Waals surface area contributed by atoms with E-state index in [1.54, 1.807) is 32.0 Å². The lowest BCUT2D eigenvalue weighted by molar-refractivity contribution is -0.142. The fourth-order valence-electron chi connectivity index (χ4n) is 2.88. The maximum Gasteiger partial charge on any atom is 0.438 e. The van der Waals surface area contributed by atoms with Gasteiger partial charge in [0.05, 0.1) is 23.8 Å². The van der Waals surface area contributed by atoms with Crippen LogP contribution >= 0.6 is 0 Å². The molecule has 0 spiro atoms. The number of alkyl halides is 3. The third-order valence-corrected chi connectivity index (χ3v) is 4.56. The first kappa shape index (κ1) is 19.7. The molecule has 2 aromatic heterocycles. The number of nitrogens with one attached hydrogen (secondary N) is 1. The van der Waals surface area contributed by atoms with E-state index < -0.39 is 29.4 Å². The molecule has 0 aliphatic heterocycles. The summed E-state index contributed by atoms with van der Waals surface area (Å²) in [5.41, 5.74) is -1.24. The number of hydrogen-bond acceptors (Lipinski definition) is 4. The van der Waals surface area contributed by atoms with Crippen molar-refractivity contribution in [3.05, 3.63) is 63.5 Å². The van der Waals surface area contributed by atoms with Gasteiger partial charge in [-0.05, 0) is 56.2 Å². The molecule has 0 saturated carbocycles. The van der Waals surface area contributed by atoms with Crippen molar-refractivity contribution in [3.8, 4) is 0 Å². The van der Waals surface area contributed by atoms with Crippen LogP contribution in [0.15, 0.2) is 39.7 Å². The second kappa shape index (κ2) is 7.14. The highest BCUT2D eigenvalue weighted by Crippen LogP contribution is 2.28. The Morgan fingerprint density at radius 3 is 2.57 bits per heavy atom. The Hall–Kier alpha value is -3.10. The van der Waals surface area contributed by atoms with Crippen molar-refractivity contribution in [2.24, 2.45) is 0 Å². The van der Waals surface area contributed by atoms with E-state index in [1.165, 1.54) is 19.3 Å². The number of rotatable bonds is 4. The van der Waals surface area contributed by atoms with Crippen LogP contribution < -0.4 is 10.9 Å². The van der Waals surface area contributed by atoms with E-state index in [1.807, 2.05) is 0 Å². The van der Waals surface area contributed by atoms with Crippen molar-refractivity contribution in [3.63, 3.8) is 0 Å². The number of amides is 1. The molecule has 0 aliphatic rings. The average molecular weight is 393 g/mol. The predicted molar refractivity (Wildman–Crippen MR) is 95.7 cm³/mol. The molecular formula is C19H18F3N3O3. The Bertz CT molecular complexity index is 1090. The largest absolute Gasteiger partial charge is 0.467 e. The van der Waals surface area contributed by atoms with Gasteiger partial charge in [-0.3, -0.25) is 14.2 Å². The lowest BCUT2D eigenvalue weighted by Gasteiger charge is -2.20. The summed E-state index contributed by atoms with van der Waals surface area (Å²) in [6.07, 6.45) is -3.50. The first-order valence-electron chi connectivity index (χ1n) is 8.50. The first-order valence-corrected chi connectivity index (χ1v) is 8.50. The van der Waals surface area contributed by atoms with E-state index in [0.717, 1.165) is 15.7 Å². The molecule has 3 aromatic rings. The fraction of sp³-hybridized carbons (Fsp3) is 0.316. The third-order valence-electron chi connectivity index (χ3n) is 4.56. The highest BCUT2D eigenvalue weighted by Gasteiger charge is 2.38.